The van der Waals surface area contributed by atoms with Crippen LogP contribution < -0.4 is 5.32 Å². The molecule has 1 unspecified atom stereocenters. The summed E-state index contributed by atoms with van der Waals surface area (Å²) in [7, 11) is 1.59. The van der Waals surface area contributed by atoms with Gasteiger partial charge in [-0.3, -0.25) is 4.79 Å². The topological polar surface area (TPSA) is 69.6 Å². The lowest BCUT2D eigenvalue weighted by molar-refractivity contribution is -0.141. The third-order valence-electron chi connectivity index (χ3n) is 3.09. The van der Waals surface area contributed by atoms with Crippen LogP contribution in [-0.4, -0.2) is 41.9 Å². The van der Waals surface area contributed by atoms with Gasteiger partial charge in [-0.05, 0) is 17.4 Å². The zero-order chi connectivity index (χ0) is 15.8. The van der Waals surface area contributed by atoms with Crippen LogP contribution in [0, 0.1) is 5.92 Å². The predicted molar refractivity (Wildman–Crippen MR) is 85.3 cm³/mol. The highest BCUT2D eigenvalue weighted by atomic mass is 32.2. The number of urea groups is 1. The van der Waals surface area contributed by atoms with Crippen molar-refractivity contribution in [3.63, 3.8) is 0 Å². The maximum absolute atomic E-state index is 11.9. The Morgan fingerprint density at radius 2 is 1.86 bits per heavy atom. The molecule has 0 aliphatic rings. The van der Waals surface area contributed by atoms with Gasteiger partial charge in [0, 0.05) is 25.9 Å². The van der Waals surface area contributed by atoms with Gasteiger partial charge in [-0.2, -0.15) is 11.8 Å². The Kier molecular flexibility index (Phi) is 7.08. The van der Waals surface area contributed by atoms with Crippen molar-refractivity contribution < 1.29 is 14.7 Å². The Morgan fingerprint density at radius 3 is 2.38 bits per heavy atom. The van der Waals surface area contributed by atoms with E-state index in [1.165, 1.54) is 10.5 Å². The monoisotopic (exact) mass is 310 g/mol. The molecule has 0 spiro atoms. The molecule has 0 aliphatic heterocycles. The van der Waals surface area contributed by atoms with Crippen LogP contribution >= 0.6 is 11.8 Å². The van der Waals surface area contributed by atoms with Crippen LogP contribution in [0.5, 0.6) is 0 Å². The second-order valence-electron chi connectivity index (χ2n) is 5.03. The smallest absolute Gasteiger partial charge is 0.317 e. The van der Waals surface area contributed by atoms with Crippen LogP contribution in [0.25, 0.3) is 0 Å². The summed E-state index contributed by atoms with van der Waals surface area (Å²) < 4.78 is 0. The first-order chi connectivity index (χ1) is 9.93. The largest absolute Gasteiger partial charge is 0.481 e. The molecule has 0 radical (unpaired) electrons. The third-order valence-corrected chi connectivity index (χ3v) is 3.72. The number of carboxylic acids is 1. The number of carboxylic acid groups (broad SMARTS) is 1. The zero-order valence-electron chi connectivity index (χ0n) is 12.6. The summed E-state index contributed by atoms with van der Waals surface area (Å²) in [5, 5.41) is 11.6. The third kappa shape index (κ3) is 6.08. The second-order valence-corrected chi connectivity index (χ2v) is 5.89. The Hall–Kier alpha value is -1.69. The average Bonchev–Trinajstić information content (AvgIpc) is 2.46. The van der Waals surface area contributed by atoms with E-state index in [9.17, 15) is 9.59 Å². The quantitative estimate of drug-likeness (QED) is 0.811. The summed E-state index contributed by atoms with van der Waals surface area (Å²) in [4.78, 5) is 24.0. The summed E-state index contributed by atoms with van der Waals surface area (Å²) in [5.41, 5.74) is 2.28. The molecule has 0 aliphatic carbocycles. The molecule has 0 fully saturated rings. The number of thioether (sulfide) groups is 1. The van der Waals surface area contributed by atoms with E-state index in [1.807, 2.05) is 24.3 Å². The van der Waals surface area contributed by atoms with Gasteiger partial charge in [0.2, 0.25) is 0 Å². The van der Waals surface area contributed by atoms with Gasteiger partial charge in [-0.25, -0.2) is 4.79 Å². The molecule has 0 bridgehead atoms. The molecular formula is C15H22N2O3S. The van der Waals surface area contributed by atoms with Crippen LogP contribution in [0.15, 0.2) is 24.3 Å². The predicted octanol–water partition coefficient (Wildman–Crippen LogP) is 2.41. The molecule has 0 saturated heterocycles. The summed E-state index contributed by atoms with van der Waals surface area (Å²) >= 11 is 1.77. The minimum atomic E-state index is -0.904. The highest BCUT2D eigenvalue weighted by Gasteiger charge is 2.16. The Balaban J connectivity index is 2.43. The SMILES string of the molecule is CSCc1ccc(CNC(=O)N(C)CC(C)C(=O)O)cc1. The number of carbonyl (C=O) groups excluding carboxylic acids is 1. The van der Waals surface area contributed by atoms with Crippen molar-refractivity contribution >= 4 is 23.8 Å². The molecule has 5 nitrogen and oxygen atoms in total. The van der Waals surface area contributed by atoms with Crippen molar-refractivity contribution in [1.29, 1.82) is 0 Å². The van der Waals surface area contributed by atoms with Crippen molar-refractivity contribution in [2.45, 2.75) is 19.2 Å². The number of carbonyl (C=O) groups is 2. The van der Waals surface area contributed by atoms with Crippen LogP contribution in [0.3, 0.4) is 0 Å². The van der Waals surface area contributed by atoms with Crippen molar-refractivity contribution in [2.24, 2.45) is 5.92 Å². The van der Waals surface area contributed by atoms with Crippen LogP contribution in [0.2, 0.25) is 0 Å². The normalized spacial score (nSPS) is 11.8. The van der Waals surface area contributed by atoms with E-state index in [0.717, 1.165) is 11.3 Å². The molecule has 1 atom stereocenters. The number of hydrogen-bond acceptors (Lipinski definition) is 3. The number of rotatable bonds is 7. The zero-order valence-corrected chi connectivity index (χ0v) is 13.4. The maximum atomic E-state index is 11.9. The van der Waals surface area contributed by atoms with E-state index in [-0.39, 0.29) is 12.6 Å². The first-order valence-electron chi connectivity index (χ1n) is 6.72. The van der Waals surface area contributed by atoms with Gasteiger partial charge in [0.25, 0.3) is 0 Å². The van der Waals surface area contributed by atoms with Crippen LogP contribution in [-0.2, 0) is 17.1 Å². The van der Waals surface area contributed by atoms with Crippen molar-refractivity contribution in [3.05, 3.63) is 35.4 Å². The molecule has 116 valence electrons. The van der Waals surface area contributed by atoms with E-state index in [4.69, 9.17) is 5.11 Å². The van der Waals surface area contributed by atoms with E-state index < -0.39 is 11.9 Å². The number of nitrogens with zero attached hydrogens (tertiary/aromatic N) is 1. The van der Waals surface area contributed by atoms with Crippen molar-refractivity contribution in [2.75, 3.05) is 19.8 Å². The molecule has 0 heterocycles. The van der Waals surface area contributed by atoms with Gasteiger partial charge >= 0.3 is 12.0 Å². The van der Waals surface area contributed by atoms with Gasteiger partial charge < -0.3 is 15.3 Å². The fourth-order valence-corrected chi connectivity index (χ4v) is 2.33. The summed E-state index contributed by atoms with van der Waals surface area (Å²) in [6, 6.07) is 7.82. The highest BCUT2D eigenvalue weighted by Crippen LogP contribution is 2.10. The van der Waals surface area contributed by atoms with Gasteiger partial charge in [-0.15, -0.1) is 0 Å². The van der Waals surface area contributed by atoms with Gasteiger partial charge in [0.05, 0.1) is 5.92 Å². The molecule has 2 amide bonds. The molecule has 0 saturated carbocycles. The molecule has 0 aromatic heterocycles. The fraction of sp³-hybridized carbons (Fsp3) is 0.467. The molecule has 21 heavy (non-hydrogen) atoms. The van der Waals surface area contributed by atoms with Gasteiger partial charge in [0.15, 0.2) is 0 Å². The second kappa shape index (κ2) is 8.56. The van der Waals surface area contributed by atoms with Crippen LogP contribution in [0.4, 0.5) is 4.79 Å². The Labute approximate surface area is 129 Å². The minimum absolute atomic E-state index is 0.188. The average molecular weight is 310 g/mol. The fourth-order valence-electron chi connectivity index (χ4n) is 1.80. The lowest BCUT2D eigenvalue weighted by Gasteiger charge is -2.20. The highest BCUT2D eigenvalue weighted by molar-refractivity contribution is 7.97. The van der Waals surface area contributed by atoms with E-state index in [0.29, 0.717) is 6.54 Å². The molecule has 1 aromatic rings. The first kappa shape index (κ1) is 17.4. The summed E-state index contributed by atoms with van der Waals surface area (Å²) in [5.74, 6) is -0.506. The lowest BCUT2D eigenvalue weighted by Crippen LogP contribution is -2.40. The van der Waals surface area contributed by atoms with E-state index in [2.05, 4.69) is 11.6 Å². The Morgan fingerprint density at radius 1 is 1.29 bits per heavy atom. The number of hydrogen-bond donors (Lipinski definition) is 2. The molecule has 1 aromatic carbocycles. The minimum Gasteiger partial charge on any atom is -0.481 e. The number of amides is 2. The first-order valence-corrected chi connectivity index (χ1v) is 8.12. The number of aliphatic carboxylic acids is 1. The number of benzene rings is 1. The van der Waals surface area contributed by atoms with Crippen LogP contribution in [0.1, 0.15) is 18.1 Å². The Bertz CT molecular complexity index is 476. The molecule has 6 heteroatoms. The molecular weight excluding hydrogens is 288 g/mol. The van der Waals surface area contributed by atoms with E-state index in [1.54, 1.807) is 25.7 Å². The van der Waals surface area contributed by atoms with Crippen molar-refractivity contribution in [3.8, 4) is 0 Å². The molecule has 2 N–H and O–H groups in total. The maximum Gasteiger partial charge on any atom is 0.317 e. The van der Waals surface area contributed by atoms with E-state index >= 15 is 0 Å². The standard InChI is InChI=1S/C15H22N2O3S/c1-11(14(18)19)9-17(2)15(20)16-8-12-4-6-13(7-5-12)10-21-3/h4-7,11H,8-10H2,1-3H3,(H,16,20)(H,18,19). The summed E-state index contributed by atoms with van der Waals surface area (Å²) in [6.07, 6.45) is 2.06. The van der Waals surface area contributed by atoms with Crippen molar-refractivity contribution in [1.82, 2.24) is 10.2 Å². The van der Waals surface area contributed by atoms with Gasteiger partial charge in [0.1, 0.15) is 0 Å². The summed E-state index contributed by atoms with van der Waals surface area (Å²) in [6.45, 7) is 2.20. The lowest BCUT2D eigenvalue weighted by atomic mass is 10.1. The van der Waals surface area contributed by atoms with Gasteiger partial charge in [-0.1, -0.05) is 31.2 Å². The molecule has 1 rings (SSSR count). The number of nitrogens with one attached hydrogen (secondary N) is 1.